The van der Waals surface area contributed by atoms with E-state index < -0.39 is 24.3 Å². The molecule has 4 atom stereocenters. The van der Waals surface area contributed by atoms with Crippen LogP contribution in [-0.2, 0) is 37.0 Å². The van der Waals surface area contributed by atoms with E-state index in [0.29, 0.717) is 23.8 Å². The van der Waals surface area contributed by atoms with E-state index in [1.807, 2.05) is 24.3 Å². The number of imidazole rings is 1. The van der Waals surface area contributed by atoms with Gasteiger partial charge in [-0.1, -0.05) is 59.6 Å². The molecule has 0 aliphatic carbocycles. The molecule has 0 radical (unpaired) electrons. The van der Waals surface area contributed by atoms with Gasteiger partial charge in [0, 0.05) is 24.6 Å². The number of benzene rings is 2. The molecule has 196 valence electrons. The second-order valence-corrected chi connectivity index (χ2v) is 9.41. The molecule has 1 aliphatic heterocycles. The van der Waals surface area contributed by atoms with Crippen molar-refractivity contribution in [3.8, 4) is 0 Å². The molecule has 3 aromatic rings. The lowest BCUT2D eigenvalue weighted by atomic mass is 10.00. The molecule has 1 aliphatic rings. The minimum atomic E-state index is -0.913. The Kier molecular flexibility index (Phi) is 8.83. The van der Waals surface area contributed by atoms with Gasteiger partial charge in [0.1, 0.15) is 5.15 Å². The molecule has 37 heavy (non-hydrogen) atoms. The van der Waals surface area contributed by atoms with Crippen LogP contribution in [0, 0.1) is 0 Å². The fraction of sp³-hybridized carbons (Fsp3) is 0.346. The van der Waals surface area contributed by atoms with E-state index in [0.717, 1.165) is 16.7 Å². The fourth-order valence-corrected chi connectivity index (χ4v) is 4.31. The zero-order valence-electron chi connectivity index (χ0n) is 20.3. The molecule has 11 heteroatoms. The summed E-state index contributed by atoms with van der Waals surface area (Å²) >= 11 is 12.3. The summed E-state index contributed by atoms with van der Waals surface area (Å²) in [6.45, 7) is 3.13. The third-order valence-electron chi connectivity index (χ3n) is 5.91. The second-order valence-electron chi connectivity index (χ2n) is 8.69. The monoisotopic (exact) mass is 547 g/mol. The molecule has 2 aromatic carbocycles. The van der Waals surface area contributed by atoms with Crippen molar-refractivity contribution in [2.75, 3.05) is 5.32 Å². The number of ether oxygens (including phenoxy) is 3. The topological polar surface area (TPSA) is 112 Å². The predicted molar refractivity (Wildman–Crippen MR) is 137 cm³/mol. The van der Waals surface area contributed by atoms with Crippen LogP contribution >= 0.6 is 23.2 Å². The number of amides is 1. The van der Waals surface area contributed by atoms with Gasteiger partial charge in [0.15, 0.2) is 17.5 Å². The van der Waals surface area contributed by atoms with Crippen LogP contribution < -0.4 is 5.32 Å². The van der Waals surface area contributed by atoms with Gasteiger partial charge in [-0.15, -0.1) is 0 Å². The number of hydrogen-bond acceptors (Lipinski definition) is 7. The summed E-state index contributed by atoms with van der Waals surface area (Å²) in [5.41, 5.74) is 3.05. The van der Waals surface area contributed by atoms with E-state index in [2.05, 4.69) is 10.3 Å². The smallest absolute Gasteiger partial charge is 0.303 e. The summed E-state index contributed by atoms with van der Waals surface area (Å²) < 4.78 is 19.2. The quantitative estimate of drug-likeness (QED) is 0.389. The Bertz CT molecular complexity index is 1230. The summed E-state index contributed by atoms with van der Waals surface area (Å²) in [5.74, 6) is -0.964. The van der Waals surface area contributed by atoms with Crippen molar-refractivity contribution in [3.63, 3.8) is 0 Å². The summed E-state index contributed by atoms with van der Waals surface area (Å²) in [6, 6.07) is 14.6. The van der Waals surface area contributed by atoms with Gasteiger partial charge in [-0.05, 0) is 30.2 Å². The number of nitrogens with zero attached hydrogens (tertiary/aromatic N) is 2. The van der Waals surface area contributed by atoms with Crippen LogP contribution in [-0.4, -0.2) is 38.7 Å². The second kappa shape index (κ2) is 12.1. The predicted octanol–water partition coefficient (Wildman–Crippen LogP) is 4.82. The lowest BCUT2D eigenvalue weighted by Crippen LogP contribution is -2.32. The summed E-state index contributed by atoms with van der Waals surface area (Å²) in [7, 11) is 0. The van der Waals surface area contributed by atoms with E-state index in [4.69, 9.17) is 37.4 Å². The molecule has 1 aromatic heterocycles. The molecular formula is C26H27Cl2N3O6. The number of anilines is 1. The average Bonchev–Trinajstić information content (AvgIpc) is 3.20. The largest absolute Gasteiger partial charge is 0.453 e. The Morgan fingerprint density at radius 3 is 2.41 bits per heavy atom. The number of rotatable bonds is 8. The number of nitrogens with one attached hydrogen (secondary N) is 1. The molecule has 2 heterocycles. The fourth-order valence-electron chi connectivity index (χ4n) is 3.99. The number of aliphatic hydroxyl groups is 1. The van der Waals surface area contributed by atoms with Crippen LogP contribution in [0.5, 0.6) is 0 Å². The first kappa shape index (κ1) is 27.1. The molecule has 0 spiro atoms. The van der Waals surface area contributed by atoms with Gasteiger partial charge >= 0.3 is 5.97 Å². The minimum absolute atomic E-state index is 0.0391. The van der Waals surface area contributed by atoms with Gasteiger partial charge < -0.3 is 29.2 Å². The lowest BCUT2D eigenvalue weighted by Gasteiger charge is -2.36. The van der Waals surface area contributed by atoms with Crippen molar-refractivity contribution in [1.82, 2.24) is 9.55 Å². The average molecular weight is 548 g/mol. The van der Waals surface area contributed by atoms with E-state index in [1.165, 1.54) is 13.8 Å². The van der Waals surface area contributed by atoms with Crippen LogP contribution in [0.4, 0.5) is 5.69 Å². The standard InChI is InChI=1S/C26H27Cl2N3O6/c1-15(35-16(2)33)25(34)30-20-9-7-19(8-10-20)26-36-21(12-31-14-29-23(27)24(31)28)11-22(37-26)18-5-3-17(13-32)4-6-18/h3-10,14-15,21-22,26,32H,11-13H2,1-2H3,(H,30,34)/t15-,21-,22+,26+/m0/s1. The maximum Gasteiger partial charge on any atom is 0.303 e. The number of aromatic nitrogens is 2. The Morgan fingerprint density at radius 2 is 1.81 bits per heavy atom. The molecule has 1 saturated heterocycles. The Morgan fingerprint density at radius 1 is 1.14 bits per heavy atom. The van der Waals surface area contributed by atoms with Crippen LogP contribution in [0.2, 0.25) is 10.3 Å². The van der Waals surface area contributed by atoms with Crippen molar-refractivity contribution in [2.45, 2.75) is 58.0 Å². The lowest BCUT2D eigenvalue weighted by molar-refractivity contribution is -0.252. The molecule has 9 nitrogen and oxygen atoms in total. The van der Waals surface area contributed by atoms with E-state index >= 15 is 0 Å². The molecule has 1 amide bonds. The first-order valence-electron chi connectivity index (χ1n) is 11.7. The maximum atomic E-state index is 12.2. The Labute approximate surface area is 224 Å². The van der Waals surface area contributed by atoms with Crippen LogP contribution in [0.25, 0.3) is 0 Å². The number of esters is 1. The molecule has 2 N–H and O–H groups in total. The third-order valence-corrected chi connectivity index (χ3v) is 6.68. The molecule has 0 bridgehead atoms. The van der Waals surface area contributed by atoms with Crippen molar-refractivity contribution < 1.29 is 28.9 Å². The van der Waals surface area contributed by atoms with Gasteiger partial charge in [0.2, 0.25) is 0 Å². The highest BCUT2D eigenvalue weighted by atomic mass is 35.5. The van der Waals surface area contributed by atoms with Crippen LogP contribution in [0.1, 0.15) is 49.4 Å². The number of hydrogen-bond donors (Lipinski definition) is 2. The molecule has 0 saturated carbocycles. The Hall–Kier alpha value is -2.95. The van der Waals surface area contributed by atoms with Gasteiger partial charge in [-0.3, -0.25) is 9.59 Å². The van der Waals surface area contributed by atoms with Crippen LogP contribution in [0.15, 0.2) is 54.9 Å². The van der Waals surface area contributed by atoms with Crippen molar-refractivity contribution >= 4 is 40.8 Å². The maximum absolute atomic E-state index is 12.2. The SMILES string of the molecule is CC(=O)O[C@@H](C)C(=O)Nc1ccc([C@@H]2O[C@H](Cn3cnc(Cl)c3Cl)C[C@H](c3ccc(CO)cc3)O2)cc1. The normalized spacial score (nSPS) is 20.3. The minimum Gasteiger partial charge on any atom is -0.453 e. The van der Waals surface area contributed by atoms with Gasteiger partial charge in [-0.2, -0.15) is 0 Å². The number of aliphatic hydroxyl groups excluding tert-OH is 1. The van der Waals surface area contributed by atoms with E-state index in [-0.39, 0.29) is 24.0 Å². The molecule has 0 unspecified atom stereocenters. The molecule has 4 rings (SSSR count). The highest BCUT2D eigenvalue weighted by Crippen LogP contribution is 2.39. The number of carbonyl (C=O) groups is 2. The summed E-state index contributed by atoms with van der Waals surface area (Å²) in [5, 5.41) is 12.7. The van der Waals surface area contributed by atoms with E-state index in [1.54, 1.807) is 35.2 Å². The van der Waals surface area contributed by atoms with E-state index in [9.17, 15) is 14.7 Å². The van der Waals surface area contributed by atoms with Gasteiger partial charge in [0.05, 0.1) is 31.7 Å². The van der Waals surface area contributed by atoms with Crippen molar-refractivity contribution in [3.05, 3.63) is 81.9 Å². The van der Waals surface area contributed by atoms with Crippen molar-refractivity contribution in [2.24, 2.45) is 0 Å². The van der Waals surface area contributed by atoms with Crippen LogP contribution in [0.3, 0.4) is 0 Å². The Balaban J connectivity index is 1.52. The number of halogens is 2. The first-order valence-corrected chi connectivity index (χ1v) is 12.4. The summed E-state index contributed by atoms with van der Waals surface area (Å²) in [6.07, 6.45) is -0.0272. The molecule has 1 fully saturated rings. The zero-order chi connectivity index (χ0) is 26.5. The molecular weight excluding hydrogens is 521 g/mol. The number of carbonyl (C=O) groups excluding carboxylic acids is 2. The van der Waals surface area contributed by atoms with Crippen molar-refractivity contribution in [1.29, 1.82) is 0 Å². The van der Waals surface area contributed by atoms with Gasteiger partial charge in [0.25, 0.3) is 5.91 Å². The highest BCUT2D eigenvalue weighted by molar-refractivity contribution is 6.40. The van der Waals surface area contributed by atoms with Gasteiger partial charge in [-0.25, -0.2) is 4.98 Å². The highest BCUT2D eigenvalue weighted by Gasteiger charge is 2.33. The third kappa shape index (κ3) is 6.88. The summed E-state index contributed by atoms with van der Waals surface area (Å²) in [4.78, 5) is 27.4. The zero-order valence-corrected chi connectivity index (χ0v) is 21.8. The first-order chi connectivity index (χ1) is 17.7.